The number of aliphatic hydroxyl groups excluding tert-OH is 1. The van der Waals surface area contributed by atoms with Crippen LogP contribution >= 0.6 is 0 Å². The number of hydrogen-bond acceptors (Lipinski definition) is 4. The molecule has 0 saturated heterocycles. The van der Waals surface area contributed by atoms with Gasteiger partial charge in [-0.1, -0.05) is 12.1 Å². The summed E-state index contributed by atoms with van der Waals surface area (Å²) >= 11 is 0. The predicted molar refractivity (Wildman–Crippen MR) is 77.0 cm³/mol. The molecule has 0 amide bonds. The zero-order valence-electron chi connectivity index (χ0n) is 11.1. The van der Waals surface area contributed by atoms with Crippen LogP contribution in [0.1, 0.15) is 11.1 Å². The molecule has 1 heterocycles. The number of nitrogens with one attached hydrogen (secondary N) is 1. The third-order valence-electron chi connectivity index (χ3n) is 2.90. The van der Waals surface area contributed by atoms with Crippen molar-refractivity contribution < 1.29 is 13.5 Å². The first kappa shape index (κ1) is 14.5. The summed E-state index contributed by atoms with van der Waals surface area (Å²) in [6, 6.07) is 8.08. The molecule has 1 aromatic carbocycles. The van der Waals surface area contributed by atoms with Crippen LogP contribution < -0.4 is 4.72 Å². The van der Waals surface area contributed by atoms with Crippen LogP contribution in [0.5, 0.6) is 0 Å². The molecule has 1 aromatic heterocycles. The van der Waals surface area contributed by atoms with E-state index in [9.17, 15) is 8.42 Å². The molecule has 0 fully saturated rings. The fraction of sp³-hybridized carbons (Fsp3) is 0.214. The zero-order valence-corrected chi connectivity index (χ0v) is 11.9. The summed E-state index contributed by atoms with van der Waals surface area (Å²) in [6.45, 7) is 1.83. The number of anilines is 1. The van der Waals surface area contributed by atoms with Gasteiger partial charge in [-0.3, -0.25) is 9.71 Å². The van der Waals surface area contributed by atoms with E-state index < -0.39 is 10.0 Å². The molecule has 0 aliphatic rings. The molecule has 0 radical (unpaired) electrons. The summed E-state index contributed by atoms with van der Waals surface area (Å²) in [5.74, 6) is 0. The third-order valence-corrected chi connectivity index (χ3v) is 4.28. The molecule has 106 valence electrons. The third kappa shape index (κ3) is 3.34. The molecular weight excluding hydrogens is 276 g/mol. The minimum atomic E-state index is -3.61. The van der Waals surface area contributed by atoms with E-state index in [0.29, 0.717) is 12.1 Å². The topological polar surface area (TPSA) is 79.3 Å². The van der Waals surface area contributed by atoms with Crippen molar-refractivity contribution in [1.29, 1.82) is 0 Å². The lowest BCUT2D eigenvalue weighted by Crippen LogP contribution is -2.13. The second-order valence-corrected chi connectivity index (χ2v) is 6.10. The second kappa shape index (κ2) is 6.02. The first-order valence-electron chi connectivity index (χ1n) is 6.16. The smallest absolute Gasteiger partial charge is 0.261 e. The Morgan fingerprint density at radius 2 is 1.90 bits per heavy atom. The van der Waals surface area contributed by atoms with Gasteiger partial charge in [-0.25, -0.2) is 8.42 Å². The molecule has 20 heavy (non-hydrogen) atoms. The van der Waals surface area contributed by atoms with Gasteiger partial charge in [0, 0.05) is 19.0 Å². The molecule has 0 bridgehead atoms. The number of aryl methyl sites for hydroxylation is 1. The first-order valence-corrected chi connectivity index (χ1v) is 7.64. The van der Waals surface area contributed by atoms with Crippen LogP contribution in [0, 0.1) is 6.92 Å². The molecule has 5 nitrogen and oxygen atoms in total. The van der Waals surface area contributed by atoms with Gasteiger partial charge in [-0.15, -0.1) is 0 Å². The number of sulfonamides is 1. The summed E-state index contributed by atoms with van der Waals surface area (Å²) in [7, 11) is -3.61. The number of pyridine rings is 1. The summed E-state index contributed by atoms with van der Waals surface area (Å²) in [5, 5.41) is 8.84. The second-order valence-electron chi connectivity index (χ2n) is 4.41. The number of benzene rings is 1. The molecular formula is C14H16N2O3S. The lowest BCUT2D eigenvalue weighted by molar-refractivity contribution is 0.299. The van der Waals surface area contributed by atoms with Crippen LogP contribution in [0.3, 0.4) is 0 Å². The number of rotatable bonds is 5. The average Bonchev–Trinajstić information content (AvgIpc) is 2.42. The quantitative estimate of drug-likeness (QED) is 0.879. The minimum absolute atomic E-state index is 0.0422. The van der Waals surface area contributed by atoms with E-state index in [2.05, 4.69) is 9.71 Å². The van der Waals surface area contributed by atoms with Crippen molar-refractivity contribution in [2.45, 2.75) is 18.2 Å². The van der Waals surface area contributed by atoms with Gasteiger partial charge in [0.2, 0.25) is 0 Å². The van der Waals surface area contributed by atoms with Crippen LogP contribution in [0.4, 0.5) is 5.69 Å². The number of nitrogens with zero attached hydrogens (tertiary/aromatic N) is 1. The van der Waals surface area contributed by atoms with Crippen molar-refractivity contribution in [3.63, 3.8) is 0 Å². The lowest BCUT2D eigenvalue weighted by Gasteiger charge is -2.10. The molecule has 2 N–H and O–H groups in total. The largest absolute Gasteiger partial charge is 0.396 e. The molecule has 0 spiro atoms. The van der Waals surface area contributed by atoms with Crippen molar-refractivity contribution >= 4 is 15.7 Å². The number of hydrogen-bond donors (Lipinski definition) is 2. The Bertz CT molecular complexity index is 682. The van der Waals surface area contributed by atoms with E-state index >= 15 is 0 Å². The molecule has 6 heteroatoms. The predicted octanol–water partition coefficient (Wildman–Crippen LogP) is 1.73. The molecule has 0 aliphatic carbocycles. The fourth-order valence-electron chi connectivity index (χ4n) is 1.76. The summed E-state index contributed by atoms with van der Waals surface area (Å²) in [4.78, 5) is 4.11. The standard InChI is InChI=1S/C14H16N2O3S/c1-11-10-15-8-6-14(11)16-20(18,19)13-4-2-12(3-5-13)7-9-17/h2-6,8,10,17H,7,9H2,1H3,(H,15,16). The molecule has 0 aliphatic heterocycles. The van der Waals surface area contributed by atoms with Gasteiger partial charge in [0.05, 0.1) is 10.6 Å². The van der Waals surface area contributed by atoms with Gasteiger partial charge in [0.1, 0.15) is 0 Å². The minimum Gasteiger partial charge on any atom is -0.396 e. The van der Waals surface area contributed by atoms with E-state index in [4.69, 9.17) is 5.11 Å². The lowest BCUT2D eigenvalue weighted by atomic mass is 10.2. The highest BCUT2D eigenvalue weighted by Gasteiger charge is 2.14. The van der Waals surface area contributed by atoms with Gasteiger partial charge in [0.25, 0.3) is 10.0 Å². The van der Waals surface area contributed by atoms with Gasteiger partial charge in [-0.05, 0) is 42.7 Å². The van der Waals surface area contributed by atoms with Gasteiger partial charge < -0.3 is 5.11 Å². The number of aromatic nitrogens is 1. The van der Waals surface area contributed by atoms with Gasteiger partial charge in [-0.2, -0.15) is 0 Å². The van der Waals surface area contributed by atoms with Crippen molar-refractivity contribution in [2.24, 2.45) is 0 Å². The van der Waals surface area contributed by atoms with Crippen molar-refractivity contribution in [3.05, 3.63) is 53.9 Å². The Morgan fingerprint density at radius 1 is 1.20 bits per heavy atom. The Labute approximate surface area is 118 Å². The normalized spacial score (nSPS) is 11.3. The van der Waals surface area contributed by atoms with Crippen LogP contribution in [0.25, 0.3) is 0 Å². The van der Waals surface area contributed by atoms with E-state index in [1.807, 2.05) is 0 Å². The highest BCUT2D eigenvalue weighted by atomic mass is 32.2. The van der Waals surface area contributed by atoms with Crippen LogP contribution in [0.2, 0.25) is 0 Å². The molecule has 2 aromatic rings. The van der Waals surface area contributed by atoms with Crippen LogP contribution in [-0.4, -0.2) is 25.1 Å². The highest BCUT2D eigenvalue weighted by molar-refractivity contribution is 7.92. The number of aliphatic hydroxyl groups is 1. The maximum Gasteiger partial charge on any atom is 0.261 e. The Kier molecular flexibility index (Phi) is 4.36. The molecule has 2 rings (SSSR count). The Hall–Kier alpha value is -1.92. The van der Waals surface area contributed by atoms with E-state index in [-0.39, 0.29) is 11.5 Å². The van der Waals surface area contributed by atoms with E-state index in [1.165, 1.54) is 18.3 Å². The SMILES string of the molecule is Cc1cnccc1NS(=O)(=O)c1ccc(CCO)cc1. The molecule has 0 unspecified atom stereocenters. The maximum atomic E-state index is 12.2. The summed E-state index contributed by atoms with van der Waals surface area (Å²) < 4.78 is 27.0. The van der Waals surface area contributed by atoms with Crippen molar-refractivity contribution in [2.75, 3.05) is 11.3 Å². The van der Waals surface area contributed by atoms with E-state index in [0.717, 1.165) is 11.1 Å². The van der Waals surface area contributed by atoms with Crippen LogP contribution in [0.15, 0.2) is 47.6 Å². The average molecular weight is 292 g/mol. The maximum absolute atomic E-state index is 12.2. The monoisotopic (exact) mass is 292 g/mol. The van der Waals surface area contributed by atoms with Crippen molar-refractivity contribution in [3.8, 4) is 0 Å². The summed E-state index contributed by atoms with van der Waals surface area (Å²) in [6.07, 6.45) is 3.65. The van der Waals surface area contributed by atoms with Gasteiger partial charge >= 0.3 is 0 Å². The Morgan fingerprint density at radius 3 is 2.50 bits per heavy atom. The molecule has 0 saturated carbocycles. The molecule has 0 atom stereocenters. The first-order chi connectivity index (χ1) is 9.53. The fourth-order valence-corrected chi connectivity index (χ4v) is 2.89. The zero-order chi connectivity index (χ0) is 14.6. The van der Waals surface area contributed by atoms with Gasteiger partial charge in [0.15, 0.2) is 0 Å². The van der Waals surface area contributed by atoms with Crippen LogP contribution in [-0.2, 0) is 16.4 Å². The van der Waals surface area contributed by atoms with E-state index in [1.54, 1.807) is 31.3 Å². The van der Waals surface area contributed by atoms with Crippen molar-refractivity contribution in [1.82, 2.24) is 4.98 Å². The Balaban J connectivity index is 2.24. The highest BCUT2D eigenvalue weighted by Crippen LogP contribution is 2.18. The summed E-state index contributed by atoms with van der Waals surface area (Å²) in [5.41, 5.74) is 2.17.